The van der Waals surface area contributed by atoms with Gasteiger partial charge in [-0.3, -0.25) is 9.59 Å². The smallest absolute Gasteiger partial charge is 0.260 e. The van der Waals surface area contributed by atoms with Crippen molar-refractivity contribution in [2.75, 3.05) is 19.7 Å². The highest BCUT2D eigenvalue weighted by Gasteiger charge is 2.28. The SMILES string of the molecule is O=C1C(=Cc2ccco2)Oc2cc(OCC(=O)N3CCCCCC3)ccc21. The molecule has 0 aliphatic carbocycles. The standard InChI is InChI=1S/C21H21NO5/c23-20(22-9-3-1-2-4-10-22)14-26-16-7-8-17-18(12-16)27-19(21(17)24)13-15-6-5-11-25-15/h5-8,11-13H,1-4,9-10,14H2. The second kappa shape index (κ2) is 7.70. The molecular weight excluding hydrogens is 346 g/mol. The van der Waals surface area contributed by atoms with Crippen molar-refractivity contribution >= 4 is 17.8 Å². The second-order valence-electron chi connectivity index (χ2n) is 6.70. The predicted octanol–water partition coefficient (Wildman–Crippen LogP) is 3.68. The summed E-state index contributed by atoms with van der Waals surface area (Å²) in [4.78, 5) is 26.6. The fraction of sp³-hybridized carbons (Fsp3) is 0.333. The molecule has 0 atom stereocenters. The van der Waals surface area contributed by atoms with Crippen molar-refractivity contribution in [1.82, 2.24) is 4.90 Å². The number of ketones is 1. The summed E-state index contributed by atoms with van der Waals surface area (Å²) >= 11 is 0. The summed E-state index contributed by atoms with van der Waals surface area (Å²) < 4.78 is 16.5. The van der Waals surface area contributed by atoms with Crippen LogP contribution in [-0.4, -0.2) is 36.3 Å². The third-order valence-corrected chi connectivity index (χ3v) is 4.78. The van der Waals surface area contributed by atoms with Gasteiger partial charge in [0, 0.05) is 25.2 Å². The maximum atomic E-state index is 12.4. The van der Waals surface area contributed by atoms with Gasteiger partial charge in [0.2, 0.25) is 5.78 Å². The van der Waals surface area contributed by atoms with E-state index in [1.54, 1.807) is 36.4 Å². The topological polar surface area (TPSA) is 69.0 Å². The second-order valence-corrected chi connectivity index (χ2v) is 6.70. The number of carbonyl (C=O) groups excluding carboxylic acids is 2. The highest BCUT2D eigenvalue weighted by Crippen LogP contribution is 2.34. The third-order valence-electron chi connectivity index (χ3n) is 4.78. The molecule has 4 rings (SSSR count). The van der Waals surface area contributed by atoms with E-state index in [0.29, 0.717) is 22.8 Å². The molecule has 0 saturated carbocycles. The van der Waals surface area contributed by atoms with E-state index in [4.69, 9.17) is 13.9 Å². The third kappa shape index (κ3) is 3.89. The van der Waals surface area contributed by atoms with E-state index >= 15 is 0 Å². The molecule has 0 N–H and O–H groups in total. The first-order valence-electron chi connectivity index (χ1n) is 9.23. The number of benzene rings is 1. The molecule has 6 nitrogen and oxygen atoms in total. The van der Waals surface area contributed by atoms with Crippen LogP contribution in [-0.2, 0) is 4.79 Å². The monoisotopic (exact) mass is 367 g/mol. The van der Waals surface area contributed by atoms with Crippen LogP contribution in [0.25, 0.3) is 6.08 Å². The van der Waals surface area contributed by atoms with Gasteiger partial charge >= 0.3 is 0 Å². The molecule has 2 aliphatic heterocycles. The Kier molecular flexibility index (Phi) is 4.96. The first-order valence-corrected chi connectivity index (χ1v) is 9.23. The molecule has 1 aromatic heterocycles. The Morgan fingerprint density at radius 3 is 2.70 bits per heavy atom. The quantitative estimate of drug-likeness (QED) is 0.771. The van der Waals surface area contributed by atoms with E-state index in [2.05, 4.69) is 0 Å². The molecule has 0 unspecified atom stereocenters. The van der Waals surface area contributed by atoms with Gasteiger partial charge in [0.1, 0.15) is 17.3 Å². The number of amides is 1. The van der Waals surface area contributed by atoms with Crippen molar-refractivity contribution in [3.63, 3.8) is 0 Å². The number of nitrogens with zero attached hydrogens (tertiary/aromatic N) is 1. The minimum atomic E-state index is -0.200. The first kappa shape index (κ1) is 17.4. The summed E-state index contributed by atoms with van der Waals surface area (Å²) in [6.45, 7) is 1.58. The maximum Gasteiger partial charge on any atom is 0.260 e. The lowest BCUT2D eigenvalue weighted by Gasteiger charge is -2.20. The fourth-order valence-corrected chi connectivity index (χ4v) is 3.32. The molecule has 1 amide bonds. The van der Waals surface area contributed by atoms with E-state index in [-0.39, 0.29) is 24.1 Å². The normalized spacial score (nSPS) is 18.1. The van der Waals surface area contributed by atoms with Crippen molar-refractivity contribution in [3.05, 3.63) is 53.7 Å². The van der Waals surface area contributed by atoms with Gasteiger partial charge in [0.05, 0.1) is 11.8 Å². The molecule has 1 aromatic carbocycles. The number of likely N-dealkylation sites (tertiary alicyclic amines) is 1. The summed E-state index contributed by atoms with van der Waals surface area (Å²) in [5.74, 6) is 1.48. The number of ether oxygens (including phenoxy) is 2. The van der Waals surface area contributed by atoms with Crippen molar-refractivity contribution in [3.8, 4) is 11.5 Å². The highest BCUT2D eigenvalue weighted by atomic mass is 16.5. The minimum Gasteiger partial charge on any atom is -0.484 e. The van der Waals surface area contributed by atoms with Gasteiger partial charge in [-0.15, -0.1) is 0 Å². The molecular formula is C21H21NO5. The molecule has 27 heavy (non-hydrogen) atoms. The Labute approximate surface area is 157 Å². The largest absolute Gasteiger partial charge is 0.484 e. The number of furan rings is 1. The maximum absolute atomic E-state index is 12.4. The number of rotatable bonds is 4. The van der Waals surface area contributed by atoms with Crippen LogP contribution < -0.4 is 9.47 Å². The molecule has 0 radical (unpaired) electrons. The molecule has 0 spiro atoms. The fourth-order valence-electron chi connectivity index (χ4n) is 3.32. The summed E-state index contributed by atoms with van der Waals surface area (Å²) in [7, 11) is 0. The van der Waals surface area contributed by atoms with Gasteiger partial charge in [-0.25, -0.2) is 0 Å². The van der Waals surface area contributed by atoms with E-state index < -0.39 is 0 Å². The lowest BCUT2D eigenvalue weighted by Crippen LogP contribution is -2.35. The number of allylic oxidation sites excluding steroid dienone is 1. The van der Waals surface area contributed by atoms with Gasteiger partial charge in [-0.2, -0.15) is 0 Å². The van der Waals surface area contributed by atoms with Gasteiger partial charge in [0.25, 0.3) is 5.91 Å². The molecule has 2 aliphatic rings. The summed E-state index contributed by atoms with van der Waals surface area (Å²) in [6, 6.07) is 8.48. The zero-order valence-electron chi connectivity index (χ0n) is 15.0. The Hall–Kier alpha value is -3.02. The van der Waals surface area contributed by atoms with Gasteiger partial charge in [0.15, 0.2) is 12.4 Å². The average molecular weight is 367 g/mol. The van der Waals surface area contributed by atoms with Crippen LogP contribution in [0.4, 0.5) is 0 Å². The van der Waals surface area contributed by atoms with Crippen molar-refractivity contribution in [1.29, 1.82) is 0 Å². The van der Waals surface area contributed by atoms with Crippen molar-refractivity contribution < 1.29 is 23.5 Å². The van der Waals surface area contributed by atoms with E-state index in [1.807, 2.05) is 4.90 Å². The molecule has 6 heteroatoms. The zero-order chi connectivity index (χ0) is 18.6. The van der Waals surface area contributed by atoms with Crippen LogP contribution in [0.2, 0.25) is 0 Å². The summed E-state index contributed by atoms with van der Waals surface area (Å²) in [5.41, 5.74) is 0.471. The lowest BCUT2D eigenvalue weighted by molar-refractivity contribution is -0.133. The van der Waals surface area contributed by atoms with Gasteiger partial charge < -0.3 is 18.8 Å². The lowest BCUT2D eigenvalue weighted by atomic mass is 10.1. The molecule has 0 bridgehead atoms. The van der Waals surface area contributed by atoms with Crippen molar-refractivity contribution in [2.45, 2.75) is 25.7 Å². The molecule has 140 valence electrons. The zero-order valence-corrected chi connectivity index (χ0v) is 15.0. The Bertz CT molecular complexity index is 861. The highest BCUT2D eigenvalue weighted by molar-refractivity contribution is 6.14. The first-order chi connectivity index (χ1) is 13.2. The molecule has 3 heterocycles. The number of fused-ring (bicyclic) bond motifs is 1. The Balaban J connectivity index is 1.41. The van der Waals surface area contributed by atoms with Crippen LogP contribution in [0.5, 0.6) is 11.5 Å². The molecule has 2 aromatic rings. The van der Waals surface area contributed by atoms with E-state index in [0.717, 1.165) is 25.9 Å². The Morgan fingerprint density at radius 2 is 1.96 bits per heavy atom. The van der Waals surface area contributed by atoms with Gasteiger partial charge in [-0.05, 0) is 37.1 Å². The Morgan fingerprint density at radius 1 is 1.15 bits per heavy atom. The number of Topliss-reactive ketones (excluding diaryl/α,β-unsaturated/α-hetero) is 1. The van der Waals surface area contributed by atoms with Gasteiger partial charge in [-0.1, -0.05) is 12.8 Å². The van der Waals surface area contributed by atoms with Crippen LogP contribution in [0.3, 0.4) is 0 Å². The van der Waals surface area contributed by atoms with E-state index in [9.17, 15) is 9.59 Å². The predicted molar refractivity (Wildman–Crippen MR) is 98.6 cm³/mol. The van der Waals surface area contributed by atoms with Crippen LogP contribution >= 0.6 is 0 Å². The number of carbonyl (C=O) groups is 2. The van der Waals surface area contributed by atoms with Crippen LogP contribution in [0, 0.1) is 0 Å². The molecule has 1 saturated heterocycles. The van der Waals surface area contributed by atoms with Crippen LogP contribution in [0.15, 0.2) is 46.8 Å². The average Bonchev–Trinajstić information content (AvgIpc) is 3.18. The van der Waals surface area contributed by atoms with E-state index in [1.165, 1.54) is 19.1 Å². The molecule has 1 fully saturated rings. The van der Waals surface area contributed by atoms with Crippen molar-refractivity contribution in [2.24, 2.45) is 0 Å². The summed E-state index contributed by atoms with van der Waals surface area (Å²) in [6.07, 6.45) is 7.54. The minimum absolute atomic E-state index is 0.00667. The number of hydrogen-bond donors (Lipinski definition) is 0. The van der Waals surface area contributed by atoms with Crippen LogP contribution in [0.1, 0.15) is 41.8 Å². The number of hydrogen-bond acceptors (Lipinski definition) is 5. The summed E-state index contributed by atoms with van der Waals surface area (Å²) in [5, 5.41) is 0.